The largest absolute Gasteiger partial charge is 0.505 e. The van der Waals surface area contributed by atoms with Crippen LogP contribution in [0.4, 0.5) is 4.39 Å². The Morgan fingerprint density at radius 2 is 2.06 bits per heavy atom. The molecular formula is C13H14FNO2. The first kappa shape index (κ1) is 11.7. The van der Waals surface area contributed by atoms with Gasteiger partial charge in [-0.15, -0.1) is 0 Å². The summed E-state index contributed by atoms with van der Waals surface area (Å²) in [7, 11) is 0. The predicted molar refractivity (Wildman–Crippen MR) is 62.1 cm³/mol. The fraction of sp³-hybridized carbons (Fsp3) is 0.231. The molecule has 17 heavy (non-hydrogen) atoms. The number of nitrogens with one attached hydrogen (secondary N) is 1. The van der Waals surface area contributed by atoms with Crippen LogP contribution < -0.4 is 5.32 Å². The number of aromatic hydroxyl groups is 1. The Balaban J connectivity index is 1.87. The molecule has 1 aromatic heterocycles. The van der Waals surface area contributed by atoms with Crippen LogP contribution in [-0.2, 0) is 13.1 Å². The number of phenolic OH excluding ortho intramolecular Hbond substituents is 1. The number of furan rings is 1. The van der Waals surface area contributed by atoms with Crippen molar-refractivity contribution < 1.29 is 13.9 Å². The number of phenols is 1. The topological polar surface area (TPSA) is 45.4 Å². The third-order valence-electron chi connectivity index (χ3n) is 2.44. The normalized spacial score (nSPS) is 10.7. The van der Waals surface area contributed by atoms with E-state index in [0.717, 1.165) is 17.1 Å². The maximum atomic E-state index is 13.0. The number of hydrogen-bond donors (Lipinski definition) is 2. The lowest BCUT2D eigenvalue weighted by molar-refractivity contribution is 0.431. The Kier molecular flexibility index (Phi) is 3.44. The van der Waals surface area contributed by atoms with E-state index >= 15 is 0 Å². The van der Waals surface area contributed by atoms with Gasteiger partial charge in [0, 0.05) is 6.54 Å². The molecule has 0 atom stereocenters. The van der Waals surface area contributed by atoms with E-state index in [9.17, 15) is 4.39 Å². The van der Waals surface area contributed by atoms with Crippen LogP contribution in [0.2, 0.25) is 0 Å². The fourth-order valence-corrected chi connectivity index (χ4v) is 1.57. The molecule has 2 rings (SSSR count). The third kappa shape index (κ3) is 3.07. The van der Waals surface area contributed by atoms with Gasteiger partial charge in [-0.05, 0) is 36.8 Å². The van der Waals surface area contributed by atoms with Crippen LogP contribution in [0.5, 0.6) is 5.75 Å². The maximum absolute atomic E-state index is 13.0. The molecule has 2 aromatic rings. The van der Waals surface area contributed by atoms with E-state index < -0.39 is 5.82 Å². The molecule has 0 saturated carbocycles. The van der Waals surface area contributed by atoms with Crippen molar-refractivity contribution in [3.8, 4) is 5.75 Å². The smallest absolute Gasteiger partial charge is 0.165 e. The average molecular weight is 235 g/mol. The van der Waals surface area contributed by atoms with Gasteiger partial charge < -0.3 is 14.8 Å². The molecule has 0 aliphatic carbocycles. The average Bonchev–Trinajstić information content (AvgIpc) is 2.70. The highest BCUT2D eigenvalue weighted by atomic mass is 19.1. The Bertz CT molecular complexity index is 508. The van der Waals surface area contributed by atoms with E-state index in [1.807, 2.05) is 19.1 Å². The minimum atomic E-state index is -0.599. The van der Waals surface area contributed by atoms with Gasteiger partial charge in [0.25, 0.3) is 0 Å². The van der Waals surface area contributed by atoms with Crippen molar-refractivity contribution in [1.29, 1.82) is 0 Å². The predicted octanol–water partition coefficient (Wildman–Crippen LogP) is 2.72. The second kappa shape index (κ2) is 5.01. The zero-order chi connectivity index (χ0) is 12.3. The molecule has 1 heterocycles. The number of rotatable bonds is 4. The lowest BCUT2D eigenvalue weighted by Crippen LogP contribution is -2.12. The van der Waals surface area contributed by atoms with E-state index in [-0.39, 0.29) is 5.75 Å². The van der Waals surface area contributed by atoms with Gasteiger partial charge in [0.1, 0.15) is 11.5 Å². The number of aryl methyl sites for hydroxylation is 1. The summed E-state index contributed by atoms with van der Waals surface area (Å²) in [5.41, 5.74) is 0.781. The Morgan fingerprint density at radius 1 is 1.24 bits per heavy atom. The van der Waals surface area contributed by atoms with Gasteiger partial charge in [-0.1, -0.05) is 6.07 Å². The lowest BCUT2D eigenvalue weighted by atomic mass is 10.2. The second-order valence-electron chi connectivity index (χ2n) is 3.90. The summed E-state index contributed by atoms with van der Waals surface area (Å²) in [6.07, 6.45) is 0. The molecule has 0 bridgehead atoms. The lowest BCUT2D eigenvalue weighted by Gasteiger charge is -2.04. The van der Waals surface area contributed by atoms with Gasteiger partial charge in [0.05, 0.1) is 6.54 Å². The highest BCUT2D eigenvalue weighted by molar-refractivity contribution is 5.27. The van der Waals surface area contributed by atoms with Crippen LogP contribution in [0.1, 0.15) is 17.1 Å². The van der Waals surface area contributed by atoms with Crippen LogP contribution in [0.3, 0.4) is 0 Å². The van der Waals surface area contributed by atoms with Crippen molar-refractivity contribution in [2.45, 2.75) is 20.0 Å². The first-order valence-electron chi connectivity index (χ1n) is 5.38. The first-order chi connectivity index (χ1) is 8.15. The molecule has 0 fully saturated rings. The maximum Gasteiger partial charge on any atom is 0.165 e. The molecular weight excluding hydrogens is 221 g/mol. The Morgan fingerprint density at radius 3 is 2.71 bits per heavy atom. The van der Waals surface area contributed by atoms with Gasteiger partial charge in [0.2, 0.25) is 0 Å². The SMILES string of the molecule is Cc1ccc(CNCc2ccc(O)c(F)c2)o1. The van der Waals surface area contributed by atoms with Crippen LogP contribution in [-0.4, -0.2) is 5.11 Å². The number of halogens is 1. The van der Waals surface area contributed by atoms with E-state index in [1.54, 1.807) is 6.07 Å². The van der Waals surface area contributed by atoms with Crippen molar-refractivity contribution in [3.63, 3.8) is 0 Å². The number of benzene rings is 1. The van der Waals surface area contributed by atoms with Crippen molar-refractivity contribution in [3.05, 3.63) is 53.2 Å². The molecule has 0 aliphatic rings. The highest BCUT2D eigenvalue weighted by Crippen LogP contribution is 2.16. The van der Waals surface area contributed by atoms with E-state index in [0.29, 0.717) is 13.1 Å². The first-order valence-corrected chi connectivity index (χ1v) is 5.38. The molecule has 2 N–H and O–H groups in total. The minimum Gasteiger partial charge on any atom is -0.505 e. The van der Waals surface area contributed by atoms with Crippen molar-refractivity contribution in [2.75, 3.05) is 0 Å². The summed E-state index contributed by atoms with van der Waals surface area (Å²) >= 11 is 0. The molecule has 1 aromatic carbocycles. The van der Waals surface area contributed by atoms with Crippen LogP contribution >= 0.6 is 0 Å². The van der Waals surface area contributed by atoms with Crippen molar-refractivity contribution in [1.82, 2.24) is 5.32 Å². The van der Waals surface area contributed by atoms with Crippen LogP contribution in [0.25, 0.3) is 0 Å². The molecule has 0 unspecified atom stereocenters. The molecule has 4 heteroatoms. The Hall–Kier alpha value is -1.81. The van der Waals surface area contributed by atoms with E-state index in [2.05, 4.69) is 5.32 Å². The summed E-state index contributed by atoms with van der Waals surface area (Å²) in [4.78, 5) is 0. The Labute approximate surface area is 98.9 Å². The quantitative estimate of drug-likeness (QED) is 0.856. The molecule has 90 valence electrons. The zero-order valence-electron chi connectivity index (χ0n) is 9.53. The summed E-state index contributed by atoms with van der Waals surface area (Å²) < 4.78 is 18.4. The molecule has 0 aliphatic heterocycles. The van der Waals surface area contributed by atoms with Crippen molar-refractivity contribution >= 4 is 0 Å². The van der Waals surface area contributed by atoms with Gasteiger partial charge in [-0.3, -0.25) is 0 Å². The van der Waals surface area contributed by atoms with Gasteiger partial charge in [0.15, 0.2) is 11.6 Å². The fourth-order valence-electron chi connectivity index (χ4n) is 1.57. The zero-order valence-corrected chi connectivity index (χ0v) is 9.53. The second-order valence-corrected chi connectivity index (χ2v) is 3.90. The summed E-state index contributed by atoms with van der Waals surface area (Å²) in [5, 5.41) is 12.2. The summed E-state index contributed by atoms with van der Waals surface area (Å²) in [6.45, 7) is 3.01. The van der Waals surface area contributed by atoms with Crippen molar-refractivity contribution in [2.24, 2.45) is 0 Å². The van der Waals surface area contributed by atoms with Crippen LogP contribution in [0, 0.1) is 12.7 Å². The summed E-state index contributed by atoms with van der Waals surface area (Å²) in [6, 6.07) is 8.15. The van der Waals surface area contributed by atoms with Gasteiger partial charge in [-0.2, -0.15) is 0 Å². The van der Waals surface area contributed by atoms with E-state index in [1.165, 1.54) is 12.1 Å². The van der Waals surface area contributed by atoms with Gasteiger partial charge >= 0.3 is 0 Å². The number of hydrogen-bond acceptors (Lipinski definition) is 3. The molecule has 3 nitrogen and oxygen atoms in total. The molecule has 0 radical (unpaired) electrons. The molecule has 0 saturated heterocycles. The van der Waals surface area contributed by atoms with Crippen LogP contribution in [0.15, 0.2) is 34.7 Å². The molecule has 0 spiro atoms. The highest BCUT2D eigenvalue weighted by Gasteiger charge is 2.02. The standard InChI is InChI=1S/C13H14FNO2/c1-9-2-4-11(17-9)8-15-7-10-3-5-13(16)12(14)6-10/h2-6,15-16H,7-8H2,1H3. The van der Waals surface area contributed by atoms with E-state index in [4.69, 9.17) is 9.52 Å². The minimum absolute atomic E-state index is 0.324. The van der Waals surface area contributed by atoms with Gasteiger partial charge in [-0.25, -0.2) is 4.39 Å². The summed E-state index contributed by atoms with van der Waals surface area (Å²) in [5.74, 6) is 0.799. The molecule has 0 amide bonds. The monoisotopic (exact) mass is 235 g/mol. The third-order valence-corrected chi connectivity index (χ3v) is 2.44.